The molecule has 5 nitrogen and oxygen atoms in total. The van der Waals surface area contributed by atoms with Gasteiger partial charge in [0.05, 0.1) is 19.1 Å². The van der Waals surface area contributed by atoms with E-state index in [0.29, 0.717) is 5.57 Å². The van der Waals surface area contributed by atoms with Gasteiger partial charge in [-0.2, -0.15) is 0 Å². The van der Waals surface area contributed by atoms with Crippen molar-refractivity contribution in [1.29, 1.82) is 0 Å². The number of ether oxygens (including phenoxy) is 2. The van der Waals surface area contributed by atoms with E-state index in [2.05, 4.69) is 15.9 Å². The van der Waals surface area contributed by atoms with Crippen molar-refractivity contribution in [3.63, 3.8) is 0 Å². The van der Waals surface area contributed by atoms with Gasteiger partial charge in [-0.15, -0.1) is 0 Å². The van der Waals surface area contributed by atoms with Crippen molar-refractivity contribution in [3.8, 4) is 0 Å². The van der Waals surface area contributed by atoms with E-state index >= 15 is 0 Å². The third kappa shape index (κ3) is 4.18. The number of ketones is 1. The van der Waals surface area contributed by atoms with E-state index in [9.17, 15) is 14.4 Å². The Kier molecular flexibility index (Phi) is 6.53. The number of halogens is 1. The Balaban J connectivity index is 2.56. The first-order chi connectivity index (χ1) is 11.9. The molecule has 0 amide bonds. The van der Waals surface area contributed by atoms with Crippen molar-refractivity contribution in [2.24, 2.45) is 11.8 Å². The zero-order chi connectivity index (χ0) is 18.6. The van der Waals surface area contributed by atoms with Gasteiger partial charge in [0.25, 0.3) is 0 Å². The second-order valence-electron chi connectivity index (χ2n) is 5.83. The summed E-state index contributed by atoms with van der Waals surface area (Å²) >= 11 is 3.37. The van der Waals surface area contributed by atoms with E-state index in [0.717, 1.165) is 10.0 Å². The lowest BCUT2D eigenvalue weighted by Gasteiger charge is -2.34. The van der Waals surface area contributed by atoms with E-state index in [-0.39, 0.29) is 19.0 Å². The van der Waals surface area contributed by atoms with Gasteiger partial charge in [-0.05, 0) is 44.5 Å². The van der Waals surface area contributed by atoms with Gasteiger partial charge in [0, 0.05) is 10.4 Å². The fourth-order valence-electron chi connectivity index (χ4n) is 3.19. The minimum absolute atomic E-state index is 0.169. The molecule has 25 heavy (non-hydrogen) atoms. The molecule has 0 saturated carbocycles. The highest BCUT2D eigenvalue weighted by molar-refractivity contribution is 9.10. The largest absolute Gasteiger partial charge is 0.466 e. The van der Waals surface area contributed by atoms with Crippen LogP contribution in [-0.2, 0) is 23.9 Å². The summed E-state index contributed by atoms with van der Waals surface area (Å²) in [5.74, 6) is -3.80. The van der Waals surface area contributed by atoms with Crippen LogP contribution in [0, 0.1) is 11.8 Å². The lowest BCUT2D eigenvalue weighted by Crippen LogP contribution is -2.41. The molecule has 6 heteroatoms. The molecule has 0 spiro atoms. The molecule has 1 aliphatic rings. The number of hydrogen-bond acceptors (Lipinski definition) is 5. The van der Waals surface area contributed by atoms with Crippen LogP contribution in [0.4, 0.5) is 0 Å². The van der Waals surface area contributed by atoms with Crippen LogP contribution in [0.2, 0.25) is 0 Å². The summed E-state index contributed by atoms with van der Waals surface area (Å²) in [4.78, 5) is 37.6. The van der Waals surface area contributed by atoms with Crippen LogP contribution in [0.5, 0.6) is 0 Å². The van der Waals surface area contributed by atoms with Crippen LogP contribution in [-0.4, -0.2) is 30.9 Å². The molecule has 0 bridgehead atoms. The molecule has 3 atom stereocenters. The van der Waals surface area contributed by atoms with Crippen LogP contribution in [0.1, 0.15) is 32.3 Å². The van der Waals surface area contributed by atoms with Crippen molar-refractivity contribution in [3.05, 3.63) is 46.0 Å². The van der Waals surface area contributed by atoms with Crippen LogP contribution in [0.15, 0.2) is 40.4 Å². The van der Waals surface area contributed by atoms with Crippen molar-refractivity contribution >= 4 is 33.7 Å². The monoisotopic (exact) mass is 408 g/mol. The maximum Gasteiger partial charge on any atom is 0.317 e. The molecule has 0 radical (unpaired) electrons. The summed E-state index contributed by atoms with van der Waals surface area (Å²) < 4.78 is 11.2. The summed E-state index contributed by atoms with van der Waals surface area (Å²) in [5, 5.41) is 0. The Morgan fingerprint density at radius 1 is 1.00 bits per heavy atom. The van der Waals surface area contributed by atoms with Gasteiger partial charge in [0.1, 0.15) is 5.92 Å². The standard InChI is InChI=1S/C19H21BrO5/c1-4-24-18(22)15-11(3)10-14(21)17(19(23)25-5-2)16(15)12-6-8-13(20)9-7-12/h6-10,15-17H,4-5H2,1-3H3/t15-,16+,17+/m1/s1. The van der Waals surface area contributed by atoms with Crippen molar-refractivity contribution < 1.29 is 23.9 Å². The number of carbonyl (C=O) groups is 3. The maximum absolute atomic E-state index is 12.6. The molecule has 0 heterocycles. The second kappa shape index (κ2) is 8.43. The van der Waals surface area contributed by atoms with E-state index in [1.165, 1.54) is 6.08 Å². The lowest BCUT2D eigenvalue weighted by molar-refractivity contribution is -0.155. The third-order valence-corrected chi connectivity index (χ3v) is 4.75. The third-order valence-electron chi connectivity index (χ3n) is 4.22. The Morgan fingerprint density at radius 2 is 1.52 bits per heavy atom. The summed E-state index contributed by atoms with van der Waals surface area (Å²) in [5.41, 5.74) is 1.32. The van der Waals surface area contributed by atoms with E-state index < -0.39 is 29.7 Å². The average Bonchev–Trinajstić information content (AvgIpc) is 2.55. The molecule has 0 N–H and O–H groups in total. The summed E-state index contributed by atoms with van der Waals surface area (Å²) in [6.07, 6.45) is 1.36. The molecule has 0 saturated heterocycles. The number of benzene rings is 1. The zero-order valence-corrected chi connectivity index (χ0v) is 16.0. The van der Waals surface area contributed by atoms with E-state index in [1.54, 1.807) is 32.9 Å². The molecule has 2 rings (SSSR count). The van der Waals surface area contributed by atoms with Gasteiger partial charge in [0.2, 0.25) is 0 Å². The number of carbonyl (C=O) groups excluding carboxylic acids is 3. The van der Waals surface area contributed by atoms with Gasteiger partial charge in [0.15, 0.2) is 5.78 Å². The Hall–Kier alpha value is -1.95. The Labute approximate surface area is 155 Å². The minimum Gasteiger partial charge on any atom is -0.466 e. The normalized spacial score (nSPS) is 23.0. The summed E-state index contributed by atoms with van der Waals surface area (Å²) in [6, 6.07) is 7.24. The molecule has 134 valence electrons. The SMILES string of the molecule is CCOC(=O)[C@H]1C(=O)C=C(C)[C@@H](C(=O)OCC)[C@@H]1c1ccc(Br)cc1. The lowest BCUT2D eigenvalue weighted by atomic mass is 9.68. The highest BCUT2D eigenvalue weighted by Crippen LogP contribution is 2.42. The molecule has 1 aromatic rings. The average molecular weight is 409 g/mol. The van der Waals surface area contributed by atoms with Crippen LogP contribution >= 0.6 is 15.9 Å². The number of hydrogen-bond donors (Lipinski definition) is 0. The number of rotatable bonds is 5. The van der Waals surface area contributed by atoms with Crippen molar-refractivity contribution in [1.82, 2.24) is 0 Å². The quantitative estimate of drug-likeness (QED) is 0.551. The molecule has 0 unspecified atom stereocenters. The van der Waals surface area contributed by atoms with Crippen molar-refractivity contribution in [2.75, 3.05) is 13.2 Å². The molecule has 1 aliphatic carbocycles. The fraction of sp³-hybridized carbons (Fsp3) is 0.421. The first-order valence-electron chi connectivity index (χ1n) is 8.21. The van der Waals surface area contributed by atoms with Gasteiger partial charge in [-0.3, -0.25) is 14.4 Å². The predicted molar refractivity (Wildman–Crippen MR) is 95.9 cm³/mol. The Morgan fingerprint density at radius 3 is 2.04 bits per heavy atom. The van der Waals surface area contributed by atoms with E-state index in [4.69, 9.17) is 9.47 Å². The van der Waals surface area contributed by atoms with E-state index in [1.807, 2.05) is 12.1 Å². The minimum atomic E-state index is -1.06. The summed E-state index contributed by atoms with van der Waals surface area (Å²) in [6.45, 7) is 5.52. The summed E-state index contributed by atoms with van der Waals surface area (Å²) in [7, 11) is 0. The fourth-order valence-corrected chi connectivity index (χ4v) is 3.45. The second-order valence-corrected chi connectivity index (χ2v) is 6.74. The zero-order valence-electron chi connectivity index (χ0n) is 14.5. The van der Waals surface area contributed by atoms with Crippen molar-refractivity contribution in [2.45, 2.75) is 26.7 Å². The highest BCUT2D eigenvalue weighted by Gasteiger charge is 2.47. The topological polar surface area (TPSA) is 69.7 Å². The maximum atomic E-state index is 12.6. The number of allylic oxidation sites excluding steroid dienone is 1. The first-order valence-corrected chi connectivity index (χ1v) is 9.00. The molecule has 1 aromatic carbocycles. The van der Waals surface area contributed by atoms with Crippen LogP contribution in [0.3, 0.4) is 0 Å². The molecule has 0 aromatic heterocycles. The molecule has 0 fully saturated rings. The number of esters is 2. The predicted octanol–water partition coefficient (Wildman–Crippen LogP) is 3.42. The Bertz CT molecular complexity index is 692. The van der Waals surface area contributed by atoms with Crippen LogP contribution in [0.25, 0.3) is 0 Å². The first kappa shape index (κ1) is 19.4. The highest BCUT2D eigenvalue weighted by atomic mass is 79.9. The van der Waals surface area contributed by atoms with Gasteiger partial charge in [-0.1, -0.05) is 33.6 Å². The molecule has 0 aliphatic heterocycles. The van der Waals surface area contributed by atoms with Crippen LogP contribution < -0.4 is 0 Å². The van der Waals surface area contributed by atoms with Gasteiger partial charge in [-0.25, -0.2) is 0 Å². The molecular weight excluding hydrogens is 388 g/mol. The van der Waals surface area contributed by atoms with Gasteiger partial charge < -0.3 is 9.47 Å². The van der Waals surface area contributed by atoms with Gasteiger partial charge >= 0.3 is 11.9 Å². The molecular formula is C19H21BrO5. The smallest absolute Gasteiger partial charge is 0.317 e.